The van der Waals surface area contributed by atoms with E-state index < -0.39 is 0 Å². The van der Waals surface area contributed by atoms with Gasteiger partial charge in [0.1, 0.15) is 5.69 Å². The molecule has 0 aromatic carbocycles. The first-order valence-corrected chi connectivity index (χ1v) is 9.08. The summed E-state index contributed by atoms with van der Waals surface area (Å²) in [4.78, 5) is 23.3. The van der Waals surface area contributed by atoms with Crippen molar-refractivity contribution < 1.29 is 9.32 Å². The van der Waals surface area contributed by atoms with Crippen molar-refractivity contribution in [3.8, 4) is 11.5 Å². The third kappa shape index (κ3) is 3.56. The SMILES string of the molecule is O=C([C@H]1CCCCN1)N1CCC(c2nc(-c3ccccn3)no2)CC1. The van der Waals surface area contributed by atoms with Crippen LogP contribution in [0.15, 0.2) is 28.9 Å². The summed E-state index contributed by atoms with van der Waals surface area (Å²) in [5.74, 6) is 1.65. The molecule has 7 heteroatoms. The highest BCUT2D eigenvalue weighted by Crippen LogP contribution is 2.28. The molecule has 0 saturated carbocycles. The van der Waals surface area contributed by atoms with Gasteiger partial charge in [-0.2, -0.15) is 4.98 Å². The van der Waals surface area contributed by atoms with E-state index in [4.69, 9.17) is 4.52 Å². The number of carbonyl (C=O) groups is 1. The Hall–Kier alpha value is -2.28. The van der Waals surface area contributed by atoms with Gasteiger partial charge in [-0.3, -0.25) is 9.78 Å². The van der Waals surface area contributed by atoms with Crippen molar-refractivity contribution >= 4 is 5.91 Å². The zero-order valence-corrected chi connectivity index (χ0v) is 14.2. The fraction of sp³-hybridized carbons (Fsp3) is 0.556. The molecule has 25 heavy (non-hydrogen) atoms. The Morgan fingerprint density at radius 3 is 2.80 bits per heavy atom. The molecular weight excluding hydrogens is 318 g/mol. The van der Waals surface area contributed by atoms with Crippen LogP contribution in [0.3, 0.4) is 0 Å². The molecule has 1 amide bonds. The van der Waals surface area contributed by atoms with Gasteiger partial charge in [-0.05, 0) is 44.4 Å². The number of aromatic nitrogens is 3. The maximum absolute atomic E-state index is 12.6. The summed E-state index contributed by atoms with van der Waals surface area (Å²) in [6.07, 6.45) is 6.70. The molecule has 2 aromatic heterocycles. The maximum atomic E-state index is 12.6. The van der Waals surface area contributed by atoms with Gasteiger partial charge in [0.15, 0.2) is 0 Å². The molecule has 0 aliphatic carbocycles. The normalized spacial score (nSPS) is 22.1. The number of amides is 1. The van der Waals surface area contributed by atoms with Crippen molar-refractivity contribution in [2.75, 3.05) is 19.6 Å². The zero-order chi connectivity index (χ0) is 17.1. The molecule has 0 bridgehead atoms. The smallest absolute Gasteiger partial charge is 0.239 e. The third-order valence-corrected chi connectivity index (χ3v) is 5.10. The summed E-state index contributed by atoms with van der Waals surface area (Å²) in [5.41, 5.74) is 0.716. The van der Waals surface area contributed by atoms with E-state index in [0.29, 0.717) is 17.4 Å². The van der Waals surface area contributed by atoms with Crippen molar-refractivity contribution in [2.24, 2.45) is 0 Å². The number of pyridine rings is 1. The first-order chi connectivity index (χ1) is 12.3. The van der Waals surface area contributed by atoms with Gasteiger partial charge in [-0.25, -0.2) is 0 Å². The molecule has 2 aromatic rings. The largest absolute Gasteiger partial charge is 0.341 e. The zero-order valence-electron chi connectivity index (χ0n) is 14.2. The molecule has 0 unspecified atom stereocenters. The third-order valence-electron chi connectivity index (χ3n) is 5.10. The van der Waals surface area contributed by atoms with E-state index in [2.05, 4.69) is 20.4 Å². The van der Waals surface area contributed by atoms with Crippen LogP contribution >= 0.6 is 0 Å². The molecule has 7 nitrogen and oxygen atoms in total. The standard InChI is InChI=1S/C18H23N5O2/c24-18(15-6-2-4-10-20-15)23-11-7-13(8-12-23)17-21-16(22-25-17)14-5-1-3-9-19-14/h1,3,5,9,13,15,20H,2,4,6-8,10-12H2/t15-/m1/s1. The Bertz CT molecular complexity index is 703. The molecule has 2 aliphatic rings. The Morgan fingerprint density at radius 2 is 2.08 bits per heavy atom. The topological polar surface area (TPSA) is 84.2 Å². The number of nitrogens with zero attached hydrogens (tertiary/aromatic N) is 4. The first kappa shape index (κ1) is 16.2. The first-order valence-electron chi connectivity index (χ1n) is 9.08. The van der Waals surface area contributed by atoms with E-state index >= 15 is 0 Å². The Labute approximate surface area is 146 Å². The van der Waals surface area contributed by atoms with Crippen LogP contribution in [0, 0.1) is 0 Å². The molecule has 1 atom stereocenters. The predicted molar refractivity (Wildman–Crippen MR) is 91.7 cm³/mol. The number of hydrogen-bond donors (Lipinski definition) is 1. The molecule has 0 radical (unpaired) electrons. The van der Waals surface area contributed by atoms with Crippen LogP contribution in [0.2, 0.25) is 0 Å². The van der Waals surface area contributed by atoms with Crippen molar-refractivity contribution in [1.29, 1.82) is 0 Å². The van der Waals surface area contributed by atoms with Crippen LogP contribution in [0.1, 0.15) is 43.9 Å². The summed E-state index contributed by atoms with van der Waals surface area (Å²) < 4.78 is 5.45. The molecule has 1 N–H and O–H groups in total. The average Bonchev–Trinajstić information content (AvgIpc) is 3.19. The predicted octanol–water partition coefficient (Wildman–Crippen LogP) is 1.98. The van der Waals surface area contributed by atoms with Crippen molar-refractivity contribution in [2.45, 2.75) is 44.1 Å². The van der Waals surface area contributed by atoms with E-state index in [-0.39, 0.29) is 17.9 Å². The van der Waals surface area contributed by atoms with Crippen LogP contribution < -0.4 is 5.32 Å². The van der Waals surface area contributed by atoms with Gasteiger partial charge < -0.3 is 14.7 Å². The Kier molecular flexibility index (Phi) is 4.74. The van der Waals surface area contributed by atoms with E-state index in [1.165, 1.54) is 6.42 Å². The summed E-state index contributed by atoms with van der Waals surface area (Å²) in [6.45, 7) is 2.46. The van der Waals surface area contributed by atoms with Gasteiger partial charge >= 0.3 is 0 Å². The van der Waals surface area contributed by atoms with E-state index in [0.717, 1.165) is 45.3 Å². The molecule has 4 heterocycles. The Morgan fingerprint density at radius 1 is 1.20 bits per heavy atom. The highest BCUT2D eigenvalue weighted by atomic mass is 16.5. The molecule has 2 saturated heterocycles. The van der Waals surface area contributed by atoms with Crippen LogP contribution in [0.5, 0.6) is 0 Å². The Balaban J connectivity index is 1.36. The highest BCUT2D eigenvalue weighted by Gasteiger charge is 2.31. The quantitative estimate of drug-likeness (QED) is 0.919. The second kappa shape index (κ2) is 7.31. The van der Waals surface area contributed by atoms with Gasteiger partial charge in [-0.1, -0.05) is 17.6 Å². The lowest BCUT2D eigenvalue weighted by molar-refractivity contribution is -0.135. The van der Waals surface area contributed by atoms with Crippen LogP contribution in [-0.2, 0) is 4.79 Å². The lowest BCUT2D eigenvalue weighted by Crippen LogP contribution is -2.50. The number of carbonyl (C=O) groups excluding carboxylic acids is 1. The second-order valence-corrected chi connectivity index (χ2v) is 6.77. The molecule has 2 fully saturated rings. The number of nitrogens with one attached hydrogen (secondary N) is 1. The number of likely N-dealkylation sites (tertiary alicyclic amines) is 1. The van der Waals surface area contributed by atoms with Crippen LogP contribution in [0.25, 0.3) is 11.5 Å². The number of piperidine rings is 2. The minimum atomic E-state index is 0.00413. The number of rotatable bonds is 3. The second-order valence-electron chi connectivity index (χ2n) is 6.77. The van der Waals surface area contributed by atoms with Crippen LogP contribution in [0.4, 0.5) is 0 Å². The molecule has 2 aliphatic heterocycles. The van der Waals surface area contributed by atoms with E-state index in [1.54, 1.807) is 6.20 Å². The maximum Gasteiger partial charge on any atom is 0.239 e. The van der Waals surface area contributed by atoms with Crippen molar-refractivity contribution in [3.05, 3.63) is 30.3 Å². The molecule has 132 valence electrons. The van der Waals surface area contributed by atoms with Crippen molar-refractivity contribution in [1.82, 2.24) is 25.3 Å². The number of hydrogen-bond acceptors (Lipinski definition) is 6. The van der Waals surface area contributed by atoms with Gasteiger partial charge in [0.05, 0.1) is 6.04 Å². The van der Waals surface area contributed by atoms with E-state index in [9.17, 15) is 4.79 Å². The summed E-state index contributed by atoms with van der Waals surface area (Å²) >= 11 is 0. The lowest BCUT2D eigenvalue weighted by Gasteiger charge is -2.34. The molecule has 0 spiro atoms. The minimum Gasteiger partial charge on any atom is -0.341 e. The van der Waals surface area contributed by atoms with Gasteiger partial charge in [0.25, 0.3) is 0 Å². The van der Waals surface area contributed by atoms with Crippen molar-refractivity contribution in [3.63, 3.8) is 0 Å². The fourth-order valence-corrected chi connectivity index (χ4v) is 3.63. The van der Waals surface area contributed by atoms with Gasteiger partial charge in [0, 0.05) is 25.2 Å². The van der Waals surface area contributed by atoms with Gasteiger partial charge in [-0.15, -0.1) is 0 Å². The highest BCUT2D eigenvalue weighted by molar-refractivity contribution is 5.82. The summed E-state index contributed by atoms with van der Waals surface area (Å²) in [5, 5.41) is 7.39. The van der Waals surface area contributed by atoms with E-state index in [1.807, 2.05) is 23.1 Å². The van der Waals surface area contributed by atoms with Gasteiger partial charge in [0.2, 0.25) is 17.6 Å². The monoisotopic (exact) mass is 341 g/mol. The average molecular weight is 341 g/mol. The van der Waals surface area contributed by atoms with Crippen LogP contribution in [-0.4, -0.2) is 51.6 Å². The fourth-order valence-electron chi connectivity index (χ4n) is 3.63. The molecule has 4 rings (SSSR count). The lowest BCUT2D eigenvalue weighted by atomic mass is 9.95. The minimum absolute atomic E-state index is 0.00413. The summed E-state index contributed by atoms with van der Waals surface area (Å²) in [7, 11) is 0. The molecular formula is C18H23N5O2. The summed E-state index contributed by atoms with van der Waals surface area (Å²) in [6, 6.07) is 5.64.